The molecule has 1 atom stereocenters. The van der Waals surface area contributed by atoms with E-state index in [2.05, 4.69) is 16.9 Å². The average Bonchev–Trinajstić information content (AvgIpc) is 3.34. The Kier molecular flexibility index (Phi) is 7.29. The summed E-state index contributed by atoms with van der Waals surface area (Å²) in [6.07, 6.45) is 4.66. The van der Waals surface area contributed by atoms with Crippen molar-refractivity contribution in [1.82, 2.24) is 20.3 Å². The molecule has 2 amide bonds. The van der Waals surface area contributed by atoms with Crippen molar-refractivity contribution in [2.75, 3.05) is 18.8 Å². The molecule has 1 fully saturated rings. The van der Waals surface area contributed by atoms with Crippen LogP contribution in [0.2, 0.25) is 0 Å². The predicted molar refractivity (Wildman–Crippen MR) is 132 cm³/mol. The molecule has 0 saturated carbocycles. The number of thiophene rings is 1. The van der Waals surface area contributed by atoms with Gasteiger partial charge in [0.1, 0.15) is 10.4 Å². The Morgan fingerprint density at radius 2 is 1.91 bits per heavy atom. The van der Waals surface area contributed by atoms with E-state index in [1.165, 1.54) is 40.4 Å². The van der Waals surface area contributed by atoms with E-state index >= 15 is 0 Å². The van der Waals surface area contributed by atoms with Gasteiger partial charge in [-0.05, 0) is 36.1 Å². The predicted octanol–water partition coefficient (Wildman–Crippen LogP) is 2.82. The highest BCUT2D eigenvalue weighted by Gasteiger charge is 2.50. The van der Waals surface area contributed by atoms with Gasteiger partial charge in [-0.1, -0.05) is 31.2 Å². The molecule has 0 spiro atoms. The summed E-state index contributed by atoms with van der Waals surface area (Å²) in [5.74, 6) is -1.54. The number of sulfone groups is 1. The third-order valence-electron chi connectivity index (χ3n) is 6.35. The molecule has 1 aliphatic heterocycles. The number of nitrogens with zero attached hydrogens (tertiary/aromatic N) is 3. The van der Waals surface area contributed by atoms with Crippen LogP contribution < -0.4 is 5.48 Å². The van der Waals surface area contributed by atoms with Crippen LogP contribution in [0.4, 0.5) is 0 Å². The molecule has 0 aliphatic carbocycles. The first-order chi connectivity index (χ1) is 16.8. The molecule has 0 bridgehead atoms. The summed E-state index contributed by atoms with van der Waals surface area (Å²) < 4.78 is 25.8. The highest BCUT2D eigenvalue weighted by Crippen LogP contribution is 2.45. The number of carbonyl (C=O) groups excluding carboxylic acids is 2. The zero-order chi connectivity index (χ0) is 25.1. The Labute approximate surface area is 207 Å². The minimum atomic E-state index is -3.90. The Bertz CT molecular complexity index is 1310. The van der Waals surface area contributed by atoms with E-state index < -0.39 is 32.8 Å². The molecule has 3 aromatic rings. The molecule has 1 aliphatic rings. The van der Waals surface area contributed by atoms with Gasteiger partial charge in [0.25, 0.3) is 5.91 Å². The molecule has 4 rings (SSSR count). The molecule has 2 N–H and O–H groups in total. The second-order valence-corrected chi connectivity index (χ2v) is 11.9. The summed E-state index contributed by atoms with van der Waals surface area (Å²) in [5, 5.41) is 9.22. The maximum atomic E-state index is 13.7. The largest absolute Gasteiger partial charge is 0.336 e. The lowest BCUT2D eigenvalue weighted by Crippen LogP contribution is -2.41. The number of aryl methyl sites for hydroxylation is 1. The fourth-order valence-corrected chi connectivity index (χ4v) is 7.90. The van der Waals surface area contributed by atoms with Crippen molar-refractivity contribution in [3.8, 4) is 10.4 Å². The van der Waals surface area contributed by atoms with Crippen LogP contribution in [0.25, 0.3) is 10.4 Å². The van der Waals surface area contributed by atoms with E-state index in [1.807, 2.05) is 30.3 Å². The molecule has 1 aromatic carbocycles. The number of benzene rings is 1. The lowest BCUT2D eigenvalue weighted by molar-refractivity contribution is -0.129. The van der Waals surface area contributed by atoms with Crippen LogP contribution in [0.3, 0.4) is 0 Å². The number of nitrogens with one attached hydrogen (secondary N) is 1. The van der Waals surface area contributed by atoms with E-state index in [1.54, 1.807) is 11.5 Å². The van der Waals surface area contributed by atoms with Gasteiger partial charge in [0.15, 0.2) is 9.84 Å². The molecule has 184 valence electrons. The number of carbonyl (C=O) groups is 2. The van der Waals surface area contributed by atoms with Crippen molar-refractivity contribution >= 4 is 33.0 Å². The van der Waals surface area contributed by atoms with Gasteiger partial charge in [-0.3, -0.25) is 19.8 Å². The van der Waals surface area contributed by atoms with Crippen LogP contribution in [0.1, 0.15) is 40.7 Å². The first kappa shape index (κ1) is 25.0. The van der Waals surface area contributed by atoms with Gasteiger partial charge in [0, 0.05) is 35.2 Å². The third kappa shape index (κ3) is 4.97. The van der Waals surface area contributed by atoms with E-state index in [0.29, 0.717) is 4.88 Å². The minimum absolute atomic E-state index is 0.00345. The topological polar surface area (TPSA) is 130 Å². The quantitative estimate of drug-likeness (QED) is 0.382. The summed E-state index contributed by atoms with van der Waals surface area (Å²) in [6, 6.07) is 11.6. The van der Waals surface area contributed by atoms with Gasteiger partial charge in [0.05, 0.1) is 18.4 Å². The molecule has 1 saturated heterocycles. The van der Waals surface area contributed by atoms with Crippen molar-refractivity contribution in [2.24, 2.45) is 0 Å². The standard InChI is InChI=1S/C24H26N4O5S2/c1-2-17-3-5-18(6-4-17)20-7-8-21(34-20)24(15-22(29)27-31)9-12-28(13-14-35(24,32)33)23(30)19-16-25-10-11-26-19/h3-8,10-11,16,31H,2,9,12-15H2,1H3,(H,27,29)/t24-/m0/s1. The Morgan fingerprint density at radius 1 is 1.14 bits per heavy atom. The molecule has 35 heavy (non-hydrogen) atoms. The fraction of sp³-hybridized carbons (Fsp3) is 0.333. The van der Waals surface area contributed by atoms with Crippen LogP contribution >= 0.6 is 11.3 Å². The summed E-state index contributed by atoms with van der Waals surface area (Å²) >= 11 is 1.31. The highest BCUT2D eigenvalue weighted by atomic mass is 32.2. The number of rotatable bonds is 6. The maximum absolute atomic E-state index is 13.7. The van der Waals surface area contributed by atoms with Crippen LogP contribution in [-0.4, -0.2) is 59.1 Å². The first-order valence-corrected chi connectivity index (χ1v) is 13.7. The Balaban J connectivity index is 1.71. The highest BCUT2D eigenvalue weighted by molar-refractivity contribution is 7.92. The van der Waals surface area contributed by atoms with E-state index in [0.717, 1.165) is 16.9 Å². The molecule has 2 aromatic heterocycles. The van der Waals surface area contributed by atoms with Crippen molar-refractivity contribution < 1.29 is 23.2 Å². The van der Waals surface area contributed by atoms with Crippen molar-refractivity contribution in [3.05, 3.63) is 71.1 Å². The van der Waals surface area contributed by atoms with Gasteiger partial charge >= 0.3 is 0 Å². The lowest BCUT2D eigenvalue weighted by atomic mass is 9.97. The second kappa shape index (κ2) is 10.2. The van der Waals surface area contributed by atoms with Crippen molar-refractivity contribution in [3.63, 3.8) is 0 Å². The molecule has 9 nitrogen and oxygen atoms in total. The van der Waals surface area contributed by atoms with Gasteiger partial charge in [-0.15, -0.1) is 11.3 Å². The van der Waals surface area contributed by atoms with Crippen LogP contribution in [0.5, 0.6) is 0 Å². The second-order valence-electron chi connectivity index (χ2n) is 8.37. The summed E-state index contributed by atoms with van der Waals surface area (Å²) in [5.41, 5.74) is 3.85. The SMILES string of the molecule is CCc1ccc(-c2ccc([C@@]3(CC(=O)NO)CCN(C(=O)c4cnccn4)CCS3(=O)=O)s2)cc1. The molecular formula is C24H26N4O5S2. The Morgan fingerprint density at radius 3 is 2.57 bits per heavy atom. The maximum Gasteiger partial charge on any atom is 0.274 e. The lowest BCUT2D eigenvalue weighted by Gasteiger charge is -2.30. The van der Waals surface area contributed by atoms with Crippen molar-refractivity contribution in [1.29, 1.82) is 0 Å². The van der Waals surface area contributed by atoms with Gasteiger partial charge in [0.2, 0.25) is 5.91 Å². The van der Waals surface area contributed by atoms with Crippen LogP contribution in [0, 0.1) is 0 Å². The van der Waals surface area contributed by atoms with Gasteiger partial charge in [-0.2, -0.15) is 0 Å². The minimum Gasteiger partial charge on any atom is -0.336 e. The zero-order valence-corrected chi connectivity index (χ0v) is 20.8. The summed E-state index contributed by atoms with van der Waals surface area (Å²) in [4.78, 5) is 36.0. The van der Waals surface area contributed by atoms with Crippen molar-refractivity contribution in [2.45, 2.75) is 30.9 Å². The summed E-state index contributed by atoms with van der Waals surface area (Å²) in [6.45, 7) is 2.15. The van der Waals surface area contributed by atoms with E-state index in [-0.39, 0.29) is 31.0 Å². The molecule has 0 unspecified atom stereocenters. The number of amides is 2. The van der Waals surface area contributed by atoms with E-state index in [4.69, 9.17) is 0 Å². The zero-order valence-electron chi connectivity index (χ0n) is 19.2. The number of hydrogen-bond acceptors (Lipinski definition) is 8. The molecule has 0 radical (unpaired) electrons. The Hall–Kier alpha value is -3.15. The molecule has 3 heterocycles. The fourth-order valence-electron chi connectivity index (χ4n) is 4.29. The van der Waals surface area contributed by atoms with E-state index in [9.17, 15) is 23.2 Å². The van der Waals surface area contributed by atoms with Gasteiger partial charge < -0.3 is 4.90 Å². The van der Waals surface area contributed by atoms with Crippen LogP contribution in [-0.2, 0) is 25.8 Å². The molecule has 11 heteroatoms. The number of hydrogen-bond donors (Lipinski definition) is 2. The number of hydroxylamine groups is 1. The van der Waals surface area contributed by atoms with Crippen LogP contribution in [0.15, 0.2) is 55.0 Å². The molecular weight excluding hydrogens is 488 g/mol. The number of aromatic nitrogens is 2. The monoisotopic (exact) mass is 514 g/mol. The first-order valence-electron chi connectivity index (χ1n) is 11.2. The average molecular weight is 515 g/mol. The van der Waals surface area contributed by atoms with Gasteiger partial charge in [-0.25, -0.2) is 18.9 Å². The normalized spacial score (nSPS) is 19.7. The summed E-state index contributed by atoms with van der Waals surface area (Å²) in [7, 11) is -3.90. The smallest absolute Gasteiger partial charge is 0.274 e. The third-order valence-corrected chi connectivity index (χ3v) is 10.3.